The van der Waals surface area contributed by atoms with Gasteiger partial charge in [-0.3, -0.25) is 19.6 Å². The molecule has 4 aliphatic rings. The van der Waals surface area contributed by atoms with Crippen molar-refractivity contribution >= 4 is 11.6 Å². The van der Waals surface area contributed by atoms with Crippen LogP contribution in [0.2, 0.25) is 0 Å². The first-order valence-corrected chi connectivity index (χ1v) is 8.37. The van der Waals surface area contributed by atoms with Crippen molar-refractivity contribution in [2.24, 2.45) is 24.8 Å². The number of hydrogen-bond acceptors (Lipinski definition) is 4. The number of carbonyl (C=O) groups excluding carboxylic acids is 1. The van der Waals surface area contributed by atoms with Crippen molar-refractivity contribution < 1.29 is 9.72 Å². The van der Waals surface area contributed by atoms with Gasteiger partial charge < -0.3 is 5.32 Å². The van der Waals surface area contributed by atoms with E-state index in [1.54, 1.807) is 14.0 Å². The molecule has 1 aromatic rings. The highest BCUT2D eigenvalue weighted by molar-refractivity contribution is 5.97. The summed E-state index contributed by atoms with van der Waals surface area (Å²) in [6, 6.07) is 0. The van der Waals surface area contributed by atoms with E-state index in [2.05, 4.69) is 10.4 Å². The lowest BCUT2D eigenvalue weighted by Crippen LogP contribution is -2.59. The molecule has 0 spiro atoms. The number of amides is 1. The second kappa shape index (κ2) is 4.79. The van der Waals surface area contributed by atoms with E-state index >= 15 is 0 Å². The molecular formula is C16H22N4O3. The highest BCUT2D eigenvalue weighted by Crippen LogP contribution is 2.55. The summed E-state index contributed by atoms with van der Waals surface area (Å²) in [5.74, 6) is 1.74. The monoisotopic (exact) mass is 318 g/mol. The predicted octanol–water partition coefficient (Wildman–Crippen LogP) is 2.34. The summed E-state index contributed by atoms with van der Waals surface area (Å²) in [7, 11) is 1.63. The lowest BCUT2D eigenvalue weighted by molar-refractivity contribution is -0.385. The Labute approximate surface area is 134 Å². The Bertz CT molecular complexity index is 658. The van der Waals surface area contributed by atoms with Gasteiger partial charge in [0.15, 0.2) is 0 Å². The van der Waals surface area contributed by atoms with Gasteiger partial charge in [-0.1, -0.05) is 0 Å². The quantitative estimate of drug-likeness (QED) is 0.684. The topological polar surface area (TPSA) is 90.1 Å². The Morgan fingerprint density at radius 2 is 1.78 bits per heavy atom. The highest BCUT2D eigenvalue weighted by atomic mass is 16.6. The number of nitrogens with one attached hydrogen (secondary N) is 1. The molecular weight excluding hydrogens is 296 g/mol. The molecule has 7 nitrogen and oxygen atoms in total. The molecule has 4 aliphatic carbocycles. The van der Waals surface area contributed by atoms with Gasteiger partial charge in [-0.15, -0.1) is 0 Å². The molecule has 5 rings (SSSR count). The molecule has 0 aromatic carbocycles. The Morgan fingerprint density at radius 1 is 1.26 bits per heavy atom. The van der Waals surface area contributed by atoms with Crippen LogP contribution in [0.25, 0.3) is 0 Å². The van der Waals surface area contributed by atoms with Crippen molar-refractivity contribution in [1.82, 2.24) is 15.1 Å². The molecule has 1 N–H and O–H groups in total. The van der Waals surface area contributed by atoms with Crippen LogP contribution in [-0.4, -0.2) is 26.1 Å². The summed E-state index contributed by atoms with van der Waals surface area (Å²) in [5, 5.41) is 18.5. The summed E-state index contributed by atoms with van der Waals surface area (Å²) in [5.41, 5.74) is 0.0247. The number of rotatable bonds is 3. The third kappa shape index (κ3) is 2.24. The lowest BCUT2D eigenvalue weighted by atomic mass is 9.53. The van der Waals surface area contributed by atoms with Crippen LogP contribution in [0.4, 0.5) is 5.69 Å². The predicted molar refractivity (Wildman–Crippen MR) is 83.0 cm³/mol. The van der Waals surface area contributed by atoms with Crippen molar-refractivity contribution in [3.8, 4) is 0 Å². The number of aromatic nitrogens is 2. The highest BCUT2D eigenvalue weighted by Gasteiger charge is 2.52. The van der Waals surface area contributed by atoms with Crippen LogP contribution >= 0.6 is 0 Å². The van der Waals surface area contributed by atoms with Gasteiger partial charge in [-0.25, -0.2) is 0 Å². The van der Waals surface area contributed by atoms with E-state index in [-0.39, 0.29) is 22.8 Å². The summed E-state index contributed by atoms with van der Waals surface area (Å²) in [4.78, 5) is 23.5. The zero-order valence-electron chi connectivity index (χ0n) is 13.5. The summed E-state index contributed by atoms with van der Waals surface area (Å²) < 4.78 is 1.41. The molecule has 7 heteroatoms. The van der Waals surface area contributed by atoms with Crippen LogP contribution < -0.4 is 5.32 Å². The van der Waals surface area contributed by atoms with Gasteiger partial charge in [0.25, 0.3) is 5.91 Å². The first-order valence-electron chi connectivity index (χ1n) is 8.37. The molecule has 1 heterocycles. The fraction of sp³-hybridized carbons (Fsp3) is 0.750. The third-order valence-electron chi connectivity index (χ3n) is 6.12. The number of aryl methyl sites for hydroxylation is 1. The van der Waals surface area contributed by atoms with E-state index in [1.165, 1.54) is 23.9 Å². The number of nitrogens with zero attached hydrogens (tertiary/aromatic N) is 3. The first kappa shape index (κ1) is 14.7. The number of nitro groups is 1. The first-order chi connectivity index (χ1) is 10.9. The average Bonchev–Trinajstić information content (AvgIpc) is 2.73. The van der Waals surface area contributed by atoms with Gasteiger partial charge >= 0.3 is 5.69 Å². The molecule has 4 bridgehead atoms. The van der Waals surface area contributed by atoms with Crippen LogP contribution in [0, 0.1) is 34.8 Å². The van der Waals surface area contributed by atoms with Crippen LogP contribution in [-0.2, 0) is 7.05 Å². The second-order valence-corrected chi connectivity index (χ2v) is 7.82. The molecule has 0 saturated heterocycles. The minimum atomic E-state index is -0.503. The standard InChI is InChI=1S/C16H22N4O3/c1-9-14(20(22)23)13(18-19(9)2)15(21)17-16-6-10-3-11(7-16)5-12(4-10)8-16/h10-12H,3-8H2,1-2H3,(H,17,21). The normalized spacial score (nSPS) is 34.6. The van der Waals surface area contributed by atoms with E-state index in [9.17, 15) is 14.9 Å². The van der Waals surface area contributed by atoms with Gasteiger partial charge in [-0.05, 0) is 63.2 Å². The number of carbonyl (C=O) groups is 1. The van der Waals surface area contributed by atoms with Crippen molar-refractivity contribution in [2.45, 2.75) is 51.0 Å². The SMILES string of the molecule is Cc1c([N+](=O)[O-])c(C(=O)NC23CC4CC(CC(C4)C2)C3)nn1C. The fourth-order valence-corrected chi connectivity index (χ4v) is 5.53. The van der Waals surface area contributed by atoms with Crippen LogP contribution in [0.5, 0.6) is 0 Å². The Balaban J connectivity index is 1.62. The van der Waals surface area contributed by atoms with E-state index in [0.717, 1.165) is 19.3 Å². The van der Waals surface area contributed by atoms with Gasteiger partial charge in [0.2, 0.25) is 5.69 Å². The van der Waals surface area contributed by atoms with Gasteiger partial charge in [-0.2, -0.15) is 5.10 Å². The smallest absolute Gasteiger partial charge is 0.322 e. The zero-order valence-corrected chi connectivity index (χ0v) is 13.5. The van der Waals surface area contributed by atoms with Crippen molar-refractivity contribution in [3.63, 3.8) is 0 Å². The molecule has 0 unspecified atom stereocenters. The van der Waals surface area contributed by atoms with E-state index in [4.69, 9.17) is 0 Å². The van der Waals surface area contributed by atoms with Crippen molar-refractivity contribution in [3.05, 3.63) is 21.5 Å². The Morgan fingerprint density at radius 3 is 2.26 bits per heavy atom. The fourth-order valence-electron chi connectivity index (χ4n) is 5.53. The maximum Gasteiger partial charge on any atom is 0.322 e. The average molecular weight is 318 g/mol. The van der Waals surface area contributed by atoms with Crippen LogP contribution in [0.3, 0.4) is 0 Å². The molecule has 23 heavy (non-hydrogen) atoms. The molecule has 124 valence electrons. The molecule has 0 atom stereocenters. The van der Waals surface area contributed by atoms with Crippen LogP contribution in [0.1, 0.15) is 54.7 Å². The maximum atomic E-state index is 12.7. The van der Waals surface area contributed by atoms with E-state index < -0.39 is 4.92 Å². The molecule has 4 saturated carbocycles. The molecule has 4 fully saturated rings. The maximum absolute atomic E-state index is 12.7. The lowest BCUT2D eigenvalue weighted by Gasteiger charge is -2.56. The minimum Gasteiger partial charge on any atom is -0.345 e. The van der Waals surface area contributed by atoms with Gasteiger partial charge in [0.1, 0.15) is 5.69 Å². The summed E-state index contributed by atoms with van der Waals surface area (Å²) in [6.45, 7) is 1.62. The van der Waals surface area contributed by atoms with Crippen molar-refractivity contribution in [2.75, 3.05) is 0 Å². The zero-order chi connectivity index (χ0) is 16.4. The second-order valence-electron chi connectivity index (χ2n) is 7.82. The summed E-state index contributed by atoms with van der Waals surface area (Å²) >= 11 is 0. The Hall–Kier alpha value is -1.92. The van der Waals surface area contributed by atoms with E-state index in [0.29, 0.717) is 23.4 Å². The molecule has 1 amide bonds. The molecule has 0 radical (unpaired) electrons. The van der Waals surface area contributed by atoms with E-state index in [1.807, 2.05) is 0 Å². The largest absolute Gasteiger partial charge is 0.345 e. The van der Waals surface area contributed by atoms with Crippen molar-refractivity contribution in [1.29, 1.82) is 0 Å². The number of hydrogen-bond donors (Lipinski definition) is 1. The van der Waals surface area contributed by atoms with Crippen LogP contribution in [0.15, 0.2) is 0 Å². The third-order valence-corrected chi connectivity index (χ3v) is 6.12. The Kier molecular flexibility index (Phi) is 3.05. The minimum absolute atomic E-state index is 0.0502. The molecule has 1 aromatic heterocycles. The van der Waals surface area contributed by atoms with Gasteiger partial charge in [0, 0.05) is 12.6 Å². The molecule has 0 aliphatic heterocycles. The van der Waals surface area contributed by atoms with Gasteiger partial charge in [0.05, 0.1) is 4.92 Å². The summed E-state index contributed by atoms with van der Waals surface area (Å²) in [6.07, 6.45) is 6.92.